The highest BCUT2D eigenvalue weighted by molar-refractivity contribution is 5.64. The smallest absolute Gasteiger partial charge is 0.251 e. The van der Waals surface area contributed by atoms with Gasteiger partial charge in [-0.3, -0.25) is 4.39 Å². The highest BCUT2D eigenvalue weighted by atomic mass is 19.4. The lowest BCUT2D eigenvalue weighted by molar-refractivity contribution is -0.142. The van der Waals surface area contributed by atoms with Crippen molar-refractivity contribution in [3.05, 3.63) is 71.3 Å². The first-order chi connectivity index (χ1) is 14.8. The number of alkyl halides is 4. The summed E-state index contributed by atoms with van der Waals surface area (Å²) < 4.78 is 78.0. The van der Waals surface area contributed by atoms with Gasteiger partial charge in [0.1, 0.15) is 17.2 Å². The topological polar surface area (TPSA) is 0 Å². The Kier molecular flexibility index (Phi) is 7.84. The van der Waals surface area contributed by atoms with Crippen LogP contribution in [-0.4, -0.2) is 6.67 Å². The van der Waals surface area contributed by atoms with Crippen molar-refractivity contribution in [3.8, 4) is 11.1 Å². The van der Waals surface area contributed by atoms with Crippen LogP contribution in [0.25, 0.3) is 11.1 Å². The Morgan fingerprint density at radius 1 is 0.871 bits per heavy atom. The van der Waals surface area contributed by atoms with Gasteiger partial charge in [-0.05, 0) is 85.6 Å². The van der Waals surface area contributed by atoms with E-state index in [4.69, 9.17) is 0 Å². The van der Waals surface area contributed by atoms with Crippen molar-refractivity contribution in [2.45, 2.75) is 51.1 Å². The van der Waals surface area contributed by atoms with Gasteiger partial charge in [-0.15, -0.1) is 0 Å². The van der Waals surface area contributed by atoms with Crippen LogP contribution in [-0.2, 0) is 12.6 Å². The first-order valence-electron chi connectivity index (χ1n) is 10.7. The Morgan fingerprint density at radius 2 is 1.48 bits per heavy atom. The predicted molar refractivity (Wildman–Crippen MR) is 110 cm³/mol. The summed E-state index contributed by atoms with van der Waals surface area (Å²) >= 11 is 0. The van der Waals surface area contributed by atoms with Gasteiger partial charge in [-0.1, -0.05) is 36.4 Å². The average Bonchev–Trinajstić information content (AvgIpc) is 2.72. The molecule has 1 aliphatic carbocycles. The molecule has 1 saturated carbocycles. The van der Waals surface area contributed by atoms with Crippen LogP contribution in [0, 0.1) is 23.5 Å². The summed E-state index contributed by atoms with van der Waals surface area (Å²) in [6.07, 6.45) is 5.95. The minimum Gasteiger partial charge on any atom is -0.251 e. The van der Waals surface area contributed by atoms with Crippen molar-refractivity contribution < 1.29 is 26.3 Å². The van der Waals surface area contributed by atoms with E-state index in [1.165, 1.54) is 0 Å². The van der Waals surface area contributed by atoms with E-state index >= 15 is 0 Å². The van der Waals surface area contributed by atoms with Crippen molar-refractivity contribution in [1.82, 2.24) is 0 Å². The van der Waals surface area contributed by atoms with Crippen molar-refractivity contribution in [2.24, 2.45) is 11.8 Å². The second-order valence-electron chi connectivity index (χ2n) is 8.23. The number of hydrogen-bond donors (Lipinski definition) is 0. The lowest BCUT2D eigenvalue weighted by Gasteiger charge is -2.26. The van der Waals surface area contributed by atoms with E-state index < -0.39 is 23.4 Å². The van der Waals surface area contributed by atoms with Crippen LogP contribution in [0.3, 0.4) is 0 Å². The molecule has 168 valence electrons. The van der Waals surface area contributed by atoms with E-state index in [0.717, 1.165) is 56.2 Å². The molecular formula is C25H26F6. The highest BCUT2D eigenvalue weighted by Gasteiger charge is 2.37. The number of halogens is 6. The van der Waals surface area contributed by atoms with Crippen LogP contribution in [0.2, 0.25) is 0 Å². The summed E-state index contributed by atoms with van der Waals surface area (Å²) in [6.45, 7) is -0.312. The zero-order valence-electron chi connectivity index (χ0n) is 17.2. The standard InChI is InChI=1S/C25H26F6/c26-14-2-1-3-17-4-6-18(7-5-17)8-9-19-10-12-20(13-11-19)21-15-22(27)24(23(28)16-21)25(29,30)31/h1,3,10-13,15-18H,2,4-9,14H2/b3-1+/t17-,18-. The van der Waals surface area contributed by atoms with Gasteiger partial charge in [0, 0.05) is 0 Å². The van der Waals surface area contributed by atoms with E-state index in [-0.39, 0.29) is 12.2 Å². The third-order valence-corrected chi connectivity index (χ3v) is 6.03. The van der Waals surface area contributed by atoms with Crippen LogP contribution in [0.1, 0.15) is 49.7 Å². The molecule has 0 bridgehead atoms. The molecule has 1 fully saturated rings. The molecule has 3 rings (SSSR count). The summed E-state index contributed by atoms with van der Waals surface area (Å²) in [5, 5.41) is 0. The van der Waals surface area contributed by atoms with Crippen LogP contribution in [0.4, 0.5) is 26.3 Å². The molecule has 0 N–H and O–H groups in total. The molecule has 0 atom stereocenters. The van der Waals surface area contributed by atoms with Gasteiger partial charge in [-0.2, -0.15) is 13.2 Å². The van der Waals surface area contributed by atoms with Crippen LogP contribution in [0.15, 0.2) is 48.6 Å². The Hall–Kier alpha value is -2.24. The molecule has 0 aromatic heterocycles. The number of aryl methyl sites for hydroxylation is 1. The minimum absolute atomic E-state index is 0.0775. The summed E-state index contributed by atoms with van der Waals surface area (Å²) in [5.41, 5.74) is -0.230. The van der Waals surface area contributed by atoms with Crippen molar-refractivity contribution in [2.75, 3.05) is 6.67 Å². The van der Waals surface area contributed by atoms with Gasteiger partial charge >= 0.3 is 6.18 Å². The SMILES string of the molecule is FCC/C=C/[C@H]1CC[C@H](CCc2ccc(-c3cc(F)c(C(F)(F)F)c(F)c3)cc2)CC1. The van der Waals surface area contributed by atoms with Crippen LogP contribution < -0.4 is 0 Å². The van der Waals surface area contributed by atoms with Gasteiger partial charge in [0.05, 0.1) is 6.67 Å². The third-order valence-electron chi connectivity index (χ3n) is 6.03. The first kappa shape index (κ1) is 23.4. The lowest BCUT2D eigenvalue weighted by atomic mass is 9.79. The van der Waals surface area contributed by atoms with E-state index in [9.17, 15) is 26.3 Å². The number of hydrogen-bond acceptors (Lipinski definition) is 0. The fraction of sp³-hybridized carbons (Fsp3) is 0.440. The molecule has 2 aromatic carbocycles. The van der Waals surface area contributed by atoms with E-state index in [1.54, 1.807) is 12.1 Å². The summed E-state index contributed by atoms with van der Waals surface area (Å²) in [4.78, 5) is 0. The normalized spacial score (nSPS) is 19.8. The van der Waals surface area contributed by atoms with E-state index in [0.29, 0.717) is 23.8 Å². The van der Waals surface area contributed by atoms with Crippen molar-refractivity contribution >= 4 is 0 Å². The molecule has 31 heavy (non-hydrogen) atoms. The fourth-order valence-corrected chi connectivity index (χ4v) is 4.27. The van der Waals surface area contributed by atoms with Gasteiger partial charge < -0.3 is 0 Å². The van der Waals surface area contributed by atoms with Crippen molar-refractivity contribution in [3.63, 3.8) is 0 Å². The monoisotopic (exact) mass is 440 g/mol. The van der Waals surface area contributed by atoms with E-state index in [1.807, 2.05) is 18.2 Å². The van der Waals surface area contributed by atoms with Crippen LogP contribution >= 0.6 is 0 Å². The predicted octanol–water partition coefficient (Wildman–Crippen LogP) is 8.31. The molecule has 0 nitrogen and oxygen atoms in total. The molecule has 1 aliphatic rings. The zero-order valence-corrected chi connectivity index (χ0v) is 17.2. The molecule has 0 aliphatic heterocycles. The Labute approximate surface area is 179 Å². The lowest BCUT2D eigenvalue weighted by Crippen LogP contribution is -2.13. The number of allylic oxidation sites excluding steroid dienone is 2. The third kappa shape index (κ3) is 6.37. The van der Waals surface area contributed by atoms with Gasteiger partial charge in [0.2, 0.25) is 0 Å². The Bertz CT molecular complexity index is 851. The molecular weight excluding hydrogens is 414 g/mol. The Balaban J connectivity index is 1.56. The highest BCUT2D eigenvalue weighted by Crippen LogP contribution is 2.36. The maximum absolute atomic E-state index is 13.8. The first-order valence-corrected chi connectivity index (χ1v) is 10.7. The molecule has 0 amide bonds. The van der Waals surface area contributed by atoms with Gasteiger partial charge in [0.15, 0.2) is 0 Å². The largest absolute Gasteiger partial charge is 0.422 e. The number of benzene rings is 2. The maximum atomic E-state index is 13.8. The molecule has 0 heterocycles. The maximum Gasteiger partial charge on any atom is 0.422 e. The Morgan fingerprint density at radius 3 is 2.03 bits per heavy atom. The molecule has 0 spiro atoms. The quantitative estimate of drug-likeness (QED) is 0.300. The molecule has 2 aromatic rings. The summed E-state index contributed by atoms with van der Waals surface area (Å²) in [5.74, 6) is -2.03. The summed E-state index contributed by atoms with van der Waals surface area (Å²) in [7, 11) is 0. The molecule has 0 saturated heterocycles. The van der Waals surface area contributed by atoms with Gasteiger partial charge in [-0.25, -0.2) is 8.78 Å². The summed E-state index contributed by atoms with van der Waals surface area (Å²) in [6, 6.07) is 8.53. The van der Waals surface area contributed by atoms with Crippen molar-refractivity contribution in [1.29, 1.82) is 0 Å². The van der Waals surface area contributed by atoms with Crippen LogP contribution in [0.5, 0.6) is 0 Å². The minimum atomic E-state index is -5.07. The van der Waals surface area contributed by atoms with E-state index in [2.05, 4.69) is 6.08 Å². The van der Waals surface area contributed by atoms with Gasteiger partial charge in [0.25, 0.3) is 0 Å². The average molecular weight is 440 g/mol. The molecule has 6 heteroatoms. The second kappa shape index (κ2) is 10.4. The fourth-order valence-electron chi connectivity index (χ4n) is 4.27. The zero-order chi connectivity index (χ0) is 22.4. The molecule has 0 unspecified atom stereocenters. The number of rotatable bonds is 7. The second-order valence-corrected chi connectivity index (χ2v) is 8.23. The molecule has 0 radical (unpaired) electrons.